The molecule has 1 aliphatic rings. The van der Waals surface area contributed by atoms with Gasteiger partial charge in [0.2, 0.25) is 0 Å². The molecule has 1 saturated heterocycles. The van der Waals surface area contributed by atoms with Crippen LogP contribution < -0.4 is 0 Å². The van der Waals surface area contributed by atoms with Gasteiger partial charge in [-0.3, -0.25) is 9.59 Å². The summed E-state index contributed by atoms with van der Waals surface area (Å²) in [6.07, 6.45) is 12.6. The van der Waals surface area contributed by atoms with Crippen LogP contribution >= 0.6 is 0 Å². The lowest BCUT2D eigenvalue weighted by Gasteiger charge is -2.07. The first-order valence-corrected chi connectivity index (χ1v) is 8.10. The summed E-state index contributed by atoms with van der Waals surface area (Å²) >= 11 is 0. The van der Waals surface area contributed by atoms with Gasteiger partial charge in [0.15, 0.2) is 0 Å². The van der Waals surface area contributed by atoms with Gasteiger partial charge in [-0.15, -0.1) is 0 Å². The molecule has 4 heteroatoms. The highest BCUT2D eigenvalue weighted by atomic mass is 16.6. The number of ether oxygens (including phenoxy) is 2. The predicted octanol–water partition coefficient (Wildman–Crippen LogP) is 3.77. The smallest absolute Gasteiger partial charge is 0.317 e. The van der Waals surface area contributed by atoms with Gasteiger partial charge in [-0.2, -0.15) is 0 Å². The highest BCUT2D eigenvalue weighted by Gasteiger charge is 2.11. The summed E-state index contributed by atoms with van der Waals surface area (Å²) in [6.45, 7) is 0.845. The van der Waals surface area contributed by atoms with E-state index in [0.29, 0.717) is 13.2 Å². The van der Waals surface area contributed by atoms with Crippen LogP contribution in [0.4, 0.5) is 0 Å². The topological polar surface area (TPSA) is 52.6 Å². The van der Waals surface area contributed by atoms with Gasteiger partial charge in [0, 0.05) is 0 Å². The third-order valence-electron chi connectivity index (χ3n) is 3.60. The number of esters is 2. The molecule has 0 N–H and O–H groups in total. The van der Waals surface area contributed by atoms with Crippen LogP contribution in [0.3, 0.4) is 0 Å². The van der Waals surface area contributed by atoms with Crippen LogP contribution in [0, 0.1) is 0 Å². The quantitative estimate of drug-likeness (QED) is 0.502. The fourth-order valence-corrected chi connectivity index (χ4v) is 2.39. The highest BCUT2D eigenvalue weighted by Crippen LogP contribution is 2.12. The Kier molecular flexibility index (Phi) is 9.98. The van der Waals surface area contributed by atoms with Crippen LogP contribution in [0.5, 0.6) is 0 Å². The van der Waals surface area contributed by atoms with Crippen LogP contribution in [-0.4, -0.2) is 25.2 Å². The summed E-state index contributed by atoms with van der Waals surface area (Å²) in [4.78, 5) is 22.7. The van der Waals surface area contributed by atoms with Gasteiger partial charge < -0.3 is 9.47 Å². The Labute approximate surface area is 122 Å². The highest BCUT2D eigenvalue weighted by molar-refractivity contribution is 5.91. The summed E-state index contributed by atoms with van der Waals surface area (Å²) in [7, 11) is 0. The molecule has 0 amide bonds. The Bertz CT molecular complexity index is 250. The number of hydrogen-bond acceptors (Lipinski definition) is 4. The number of carbonyl (C=O) groups is 2. The van der Waals surface area contributed by atoms with Crippen molar-refractivity contribution in [2.45, 2.75) is 77.0 Å². The summed E-state index contributed by atoms with van der Waals surface area (Å²) in [5.41, 5.74) is 0. The average molecular weight is 284 g/mol. The maximum absolute atomic E-state index is 11.4. The molecule has 1 rings (SSSR count). The second-order valence-electron chi connectivity index (χ2n) is 5.51. The second-order valence-corrected chi connectivity index (χ2v) is 5.51. The molecule has 0 aromatic rings. The zero-order chi connectivity index (χ0) is 14.5. The van der Waals surface area contributed by atoms with Gasteiger partial charge in [-0.25, -0.2) is 0 Å². The minimum atomic E-state index is -0.462. The fourth-order valence-electron chi connectivity index (χ4n) is 2.39. The van der Waals surface area contributed by atoms with E-state index in [1.807, 2.05) is 0 Å². The normalized spacial score (nSPS) is 22.2. The van der Waals surface area contributed by atoms with Crippen LogP contribution in [0.1, 0.15) is 77.0 Å². The van der Waals surface area contributed by atoms with Crippen molar-refractivity contribution in [1.29, 1.82) is 0 Å². The Morgan fingerprint density at radius 1 is 0.500 bits per heavy atom. The number of carbonyl (C=O) groups excluding carboxylic acids is 2. The van der Waals surface area contributed by atoms with Gasteiger partial charge in [-0.1, -0.05) is 57.8 Å². The van der Waals surface area contributed by atoms with Crippen molar-refractivity contribution >= 4 is 11.9 Å². The van der Waals surface area contributed by atoms with E-state index in [4.69, 9.17) is 9.47 Å². The molecule has 1 fully saturated rings. The summed E-state index contributed by atoms with van der Waals surface area (Å²) in [5.74, 6) is -0.924. The summed E-state index contributed by atoms with van der Waals surface area (Å²) in [6, 6.07) is 0. The lowest BCUT2D eigenvalue weighted by atomic mass is 10.1. The first-order valence-electron chi connectivity index (χ1n) is 8.10. The van der Waals surface area contributed by atoms with Crippen LogP contribution in [0.25, 0.3) is 0 Å². The van der Waals surface area contributed by atoms with E-state index >= 15 is 0 Å². The van der Waals surface area contributed by atoms with Crippen LogP contribution in [-0.2, 0) is 19.1 Å². The molecule has 0 aromatic heterocycles. The molecule has 0 atom stereocenters. The maximum Gasteiger partial charge on any atom is 0.317 e. The van der Waals surface area contributed by atoms with Crippen molar-refractivity contribution in [3.63, 3.8) is 0 Å². The molecule has 116 valence electrons. The zero-order valence-electron chi connectivity index (χ0n) is 12.5. The van der Waals surface area contributed by atoms with E-state index in [2.05, 4.69) is 0 Å². The third kappa shape index (κ3) is 9.82. The minimum Gasteiger partial charge on any atom is -0.465 e. The van der Waals surface area contributed by atoms with E-state index in [0.717, 1.165) is 25.7 Å². The molecule has 20 heavy (non-hydrogen) atoms. The monoisotopic (exact) mass is 284 g/mol. The Hall–Kier alpha value is -1.06. The summed E-state index contributed by atoms with van der Waals surface area (Å²) in [5, 5.41) is 0. The van der Waals surface area contributed by atoms with Crippen molar-refractivity contribution in [1.82, 2.24) is 0 Å². The standard InChI is InChI=1S/C16H28O4/c17-15-14-16(18)20-13-11-9-7-5-3-1-2-4-6-8-10-12-19-15/h1-14H2. The molecule has 1 aliphatic heterocycles. The van der Waals surface area contributed by atoms with Gasteiger partial charge in [0.25, 0.3) is 0 Å². The van der Waals surface area contributed by atoms with E-state index in [9.17, 15) is 9.59 Å². The fraction of sp³-hybridized carbons (Fsp3) is 0.875. The molecular weight excluding hydrogens is 256 g/mol. The minimum absolute atomic E-state index is 0.250. The van der Waals surface area contributed by atoms with Crippen molar-refractivity contribution in [3.8, 4) is 0 Å². The molecule has 0 radical (unpaired) electrons. The van der Waals surface area contributed by atoms with Gasteiger partial charge in [0.1, 0.15) is 6.42 Å². The lowest BCUT2D eigenvalue weighted by molar-refractivity contribution is -0.154. The summed E-state index contributed by atoms with van der Waals surface area (Å²) < 4.78 is 10.0. The Morgan fingerprint density at radius 3 is 1.15 bits per heavy atom. The van der Waals surface area contributed by atoms with Crippen molar-refractivity contribution in [2.75, 3.05) is 13.2 Å². The first-order chi connectivity index (χ1) is 9.79. The van der Waals surface area contributed by atoms with Gasteiger partial charge >= 0.3 is 11.9 Å². The van der Waals surface area contributed by atoms with Gasteiger partial charge in [0.05, 0.1) is 13.2 Å². The van der Waals surface area contributed by atoms with Crippen molar-refractivity contribution < 1.29 is 19.1 Å². The SMILES string of the molecule is O=C1CC(=O)OCCCCCCCCCCCCCO1. The molecule has 0 bridgehead atoms. The molecule has 4 nitrogen and oxygen atoms in total. The number of hydrogen-bond donors (Lipinski definition) is 0. The van der Waals surface area contributed by atoms with E-state index in [1.165, 1.54) is 44.9 Å². The average Bonchev–Trinajstić information content (AvgIpc) is 2.42. The second kappa shape index (κ2) is 11.7. The lowest BCUT2D eigenvalue weighted by Crippen LogP contribution is -2.15. The van der Waals surface area contributed by atoms with Crippen molar-refractivity contribution in [2.24, 2.45) is 0 Å². The third-order valence-corrected chi connectivity index (χ3v) is 3.60. The molecule has 0 saturated carbocycles. The molecule has 1 heterocycles. The first kappa shape index (κ1) is 17.0. The van der Waals surface area contributed by atoms with Crippen molar-refractivity contribution in [3.05, 3.63) is 0 Å². The van der Waals surface area contributed by atoms with E-state index in [1.54, 1.807) is 0 Å². The van der Waals surface area contributed by atoms with Gasteiger partial charge in [-0.05, 0) is 12.8 Å². The number of rotatable bonds is 0. The van der Waals surface area contributed by atoms with Crippen LogP contribution in [0.2, 0.25) is 0 Å². The predicted molar refractivity (Wildman–Crippen MR) is 77.3 cm³/mol. The Balaban J connectivity index is 2.21. The molecule has 0 spiro atoms. The Morgan fingerprint density at radius 2 is 0.800 bits per heavy atom. The van der Waals surface area contributed by atoms with Crippen LogP contribution in [0.15, 0.2) is 0 Å². The largest absolute Gasteiger partial charge is 0.465 e. The molecular formula is C16H28O4. The maximum atomic E-state index is 11.4. The van der Waals surface area contributed by atoms with E-state index in [-0.39, 0.29) is 6.42 Å². The number of cyclic esters (lactones) is 2. The molecule has 0 aromatic carbocycles. The molecule has 0 aliphatic carbocycles. The van der Waals surface area contributed by atoms with E-state index < -0.39 is 11.9 Å². The molecule has 0 unspecified atom stereocenters. The zero-order valence-corrected chi connectivity index (χ0v) is 12.5.